The van der Waals surface area contributed by atoms with Crippen LogP contribution in [-0.4, -0.2) is 54.2 Å². The SMILES string of the molecule is Cc1ccc(Oc2ccc(C3(CC(=O)NO)CCN(C(=O)c4ccccn4)CCS3(=O)=O)cc2)cc1.Cl. The maximum absolute atomic E-state index is 13.6. The molecule has 1 aliphatic heterocycles. The van der Waals surface area contributed by atoms with Crippen molar-refractivity contribution in [3.63, 3.8) is 0 Å². The van der Waals surface area contributed by atoms with Crippen LogP contribution in [0.4, 0.5) is 0 Å². The van der Waals surface area contributed by atoms with E-state index in [4.69, 9.17) is 4.74 Å². The van der Waals surface area contributed by atoms with Crippen molar-refractivity contribution >= 4 is 34.1 Å². The molecule has 1 aliphatic rings. The van der Waals surface area contributed by atoms with Gasteiger partial charge in [-0.15, -0.1) is 12.4 Å². The predicted molar refractivity (Wildman–Crippen MR) is 140 cm³/mol. The minimum Gasteiger partial charge on any atom is -0.457 e. The lowest BCUT2D eigenvalue weighted by Gasteiger charge is -2.32. The summed E-state index contributed by atoms with van der Waals surface area (Å²) in [6, 6.07) is 19.0. The third-order valence-corrected chi connectivity index (χ3v) is 8.88. The van der Waals surface area contributed by atoms with Crippen molar-refractivity contribution < 1.29 is 28.0 Å². The molecule has 11 heteroatoms. The van der Waals surface area contributed by atoms with Crippen molar-refractivity contribution in [2.75, 3.05) is 18.8 Å². The molecule has 2 aromatic carbocycles. The summed E-state index contributed by atoms with van der Waals surface area (Å²) in [5.74, 6) is -0.416. The number of aromatic nitrogens is 1. The van der Waals surface area contributed by atoms with E-state index < -0.39 is 26.9 Å². The van der Waals surface area contributed by atoms with E-state index in [0.717, 1.165) is 5.56 Å². The lowest BCUT2D eigenvalue weighted by atomic mass is 9.90. The molecule has 196 valence electrons. The summed E-state index contributed by atoms with van der Waals surface area (Å²) in [4.78, 5) is 30.8. The van der Waals surface area contributed by atoms with Crippen LogP contribution in [0.5, 0.6) is 11.5 Å². The monoisotopic (exact) mass is 545 g/mol. The van der Waals surface area contributed by atoms with Crippen LogP contribution in [0, 0.1) is 6.92 Å². The highest BCUT2D eigenvalue weighted by atomic mass is 35.5. The van der Waals surface area contributed by atoms with Gasteiger partial charge in [0.15, 0.2) is 9.84 Å². The number of amides is 2. The first-order chi connectivity index (χ1) is 17.2. The summed E-state index contributed by atoms with van der Waals surface area (Å²) in [6.45, 7) is 2.03. The highest BCUT2D eigenvalue weighted by Gasteiger charge is 2.49. The number of hydroxylamine groups is 1. The fourth-order valence-corrected chi connectivity index (χ4v) is 6.46. The van der Waals surface area contributed by atoms with Crippen LogP contribution in [0.3, 0.4) is 0 Å². The van der Waals surface area contributed by atoms with Crippen molar-refractivity contribution in [1.29, 1.82) is 0 Å². The zero-order valence-electron chi connectivity index (χ0n) is 20.2. The topological polar surface area (TPSA) is 126 Å². The Hall–Kier alpha value is -3.47. The molecule has 2 heterocycles. The molecule has 9 nitrogen and oxygen atoms in total. The van der Waals surface area contributed by atoms with E-state index in [1.165, 1.54) is 11.1 Å². The molecule has 1 atom stereocenters. The molecule has 2 amide bonds. The van der Waals surface area contributed by atoms with Gasteiger partial charge in [0.05, 0.1) is 12.2 Å². The molecular formula is C26H28ClN3O6S. The van der Waals surface area contributed by atoms with Gasteiger partial charge >= 0.3 is 0 Å². The van der Waals surface area contributed by atoms with E-state index in [9.17, 15) is 23.2 Å². The van der Waals surface area contributed by atoms with Crippen LogP contribution in [0.25, 0.3) is 0 Å². The van der Waals surface area contributed by atoms with Gasteiger partial charge in [0.1, 0.15) is 21.9 Å². The summed E-state index contributed by atoms with van der Waals surface area (Å²) in [5.41, 5.74) is 3.25. The standard InChI is InChI=1S/C26H27N3O6S.ClH/c1-19-5-9-21(10-6-19)35-22-11-7-20(8-12-22)26(18-24(30)28-32)13-15-29(16-17-36(26,33)34)25(31)23-4-2-3-14-27-23;/h2-12,14,32H,13,15-18H2,1H3,(H,28,30);1H. The Morgan fingerprint density at radius 1 is 1.03 bits per heavy atom. The van der Waals surface area contributed by atoms with Crippen LogP contribution < -0.4 is 10.2 Å². The average molecular weight is 546 g/mol. The summed E-state index contributed by atoms with van der Waals surface area (Å²) < 4.78 is 31.5. The minimum atomic E-state index is -3.93. The van der Waals surface area contributed by atoms with Gasteiger partial charge in [-0.2, -0.15) is 0 Å². The number of sulfone groups is 1. The second-order valence-corrected chi connectivity index (χ2v) is 11.1. The predicted octanol–water partition coefficient (Wildman–Crippen LogP) is 3.66. The number of hydrogen-bond donors (Lipinski definition) is 2. The zero-order valence-corrected chi connectivity index (χ0v) is 21.8. The number of hydrogen-bond acceptors (Lipinski definition) is 7. The molecule has 1 unspecified atom stereocenters. The third kappa shape index (κ3) is 6.10. The van der Waals surface area contributed by atoms with E-state index in [0.29, 0.717) is 17.1 Å². The number of rotatable bonds is 6. The van der Waals surface area contributed by atoms with Crippen LogP contribution >= 0.6 is 12.4 Å². The number of nitrogens with one attached hydrogen (secondary N) is 1. The summed E-state index contributed by atoms with van der Waals surface area (Å²) in [6.07, 6.45) is 0.979. The van der Waals surface area contributed by atoms with Gasteiger partial charge in [0, 0.05) is 19.3 Å². The fourth-order valence-electron chi connectivity index (χ4n) is 4.36. The van der Waals surface area contributed by atoms with Crippen LogP contribution in [-0.2, 0) is 19.4 Å². The van der Waals surface area contributed by atoms with E-state index >= 15 is 0 Å². The largest absolute Gasteiger partial charge is 0.457 e. The highest BCUT2D eigenvalue weighted by molar-refractivity contribution is 7.92. The number of carbonyl (C=O) groups is 2. The van der Waals surface area contributed by atoms with E-state index in [-0.39, 0.29) is 49.3 Å². The molecule has 1 aromatic heterocycles. The maximum Gasteiger partial charge on any atom is 0.272 e. The minimum absolute atomic E-state index is 0. The summed E-state index contributed by atoms with van der Waals surface area (Å²) in [7, 11) is -3.93. The van der Waals surface area contributed by atoms with E-state index in [1.807, 2.05) is 31.2 Å². The second-order valence-electron chi connectivity index (χ2n) is 8.72. The molecule has 2 N–H and O–H groups in total. The summed E-state index contributed by atoms with van der Waals surface area (Å²) >= 11 is 0. The van der Waals surface area contributed by atoms with Gasteiger partial charge in [-0.3, -0.25) is 19.8 Å². The highest BCUT2D eigenvalue weighted by Crippen LogP contribution is 2.41. The third-order valence-electron chi connectivity index (χ3n) is 6.39. The number of ether oxygens (including phenoxy) is 1. The Bertz CT molecular complexity index is 1330. The van der Waals surface area contributed by atoms with Gasteiger partial charge in [0.2, 0.25) is 5.91 Å². The molecule has 0 bridgehead atoms. The second kappa shape index (κ2) is 11.7. The van der Waals surface area contributed by atoms with Gasteiger partial charge in [-0.1, -0.05) is 35.9 Å². The Balaban J connectivity index is 0.00000380. The first-order valence-electron chi connectivity index (χ1n) is 11.4. The number of halogens is 1. The van der Waals surface area contributed by atoms with Gasteiger partial charge in [-0.25, -0.2) is 13.9 Å². The Morgan fingerprint density at radius 3 is 2.27 bits per heavy atom. The van der Waals surface area contributed by atoms with Crippen molar-refractivity contribution in [3.05, 3.63) is 89.7 Å². The lowest BCUT2D eigenvalue weighted by Crippen LogP contribution is -2.42. The first kappa shape index (κ1) is 28.1. The molecule has 0 radical (unpaired) electrons. The number of aryl methyl sites for hydroxylation is 1. The van der Waals surface area contributed by atoms with Gasteiger partial charge in [0.25, 0.3) is 5.91 Å². The molecule has 1 fully saturated rings. The Morgan fingerprint density at radius 2 is 1.68 bits per heavy atom. The first-order valence-corrected chi connectivity index (χ1v) is 13.1. The van der Waals surface area contributed by atoms with E-state index in [1.54, 1.807) is 47.9 Å². The molecule has 3 aromatic rings. The quantitative estimate of drug-likeness (QED) is 0.357. The van der Waals surface area contributed by atoms with Gasteiger partial charge in [-0.05, 0) is 55.3 Å². The van der Waals surface area contributed by atoms with Crippen molar-refractivity contribution in [2.45, 2.75) is 24.5 Å². The Kier molecular flexibility index (Phi) is 8.90. The van der Waals surface area contributed by atoms with Crippen molar-refractivity contribution in [1.82, 2.24) is 15.4 Å². The molecule has 1 saturated heterocycles. The number of carbonyl (C=O) groups excluding carboxylic acids is 2. The normalized spacial score (nSPS) is 18.7. The van der Waals surface area contributed by atoms with Crippen LogP contribution in [0.1, 0.15) is 34.5 Å². The molecule has 4 rings (SSSR count). The fraction of sp³-hybridized carbons (Fsp3) is 0.269. The number of benzene rings is 2. The Labute approximate surface area is 221 Å². The maximum atomic E-state index is 13.6. The van der Waals surface area contributed by atoms with Gasteiger partial charge < -0.3 is 9.64 Å². The lowest BCUT2D eigenvalue weighted by molar-refractivity contribution is -0.130. The van der Waals surface area contributed by atoms with Crippen molar-refractivity contribution in [3.8, 4) is 11.5 Å². The number of nitrogens with zero attached hydrogens (tertiary/aromatic N) is 2. The average Bonchev–Trinajstić information content (AvgIpc) is 3.02. The molecule has 0 aliphatic carbocycles. The zero-order chi connectivity index (χ0) is 25.8. The molecule has 0 saturated carbocycles. The molecule has 37 heavy (non-hydrogen) atoms. The molecular weight excluding hydrogens is 518 g/mol. The van der Waals surface area contributed by atoms with Crippen LogP contribution in [0.15, 0.2) is 72.9 Å². The smallest absolute Gasteiger partial charge is 0.272 e. The van der Waals surface area contributed by atoms with E-state index in [2.05, 4.69) is 4.98 Å². The summed E-state index contributed by atoms with van der Waals surface area (Å²) in [5, 5.41) is 9.20. The molecule has 0 spiro atoms. The van der Waals surface area contributed by atoms with Crippen LogP contribution in [0.2, 0.25) is 0 Å². The van der Waals surface area contributed by atoms with Crippen molar-refractivity contribution in [2.24, 2.45) is 0 Å². The number of pyridine rings is 1.